The molecular weight excluding hydrogens is 236 g/mol. The van der Waals surface area contributed by atoms with Gasteiger partial charge in [-0.05, 0) is 24.4 Å². The van der Waals surface area contributed by atoms with E-state index in [1.807, 2.05) is 4.68 Å². The molecule has 1 unspecified atom stereocenters. The predicted molar refractivity (Wildman–Crippen MR) is 65.6 cm³/mol. The van der Waals surface area contributed by atoms with Crippen LogP contribution in [-0.2, 0) is 13.0 Å². The molecule has 0 aromatic carbocycles. The van der Waals surface area contributed by atoms with Gasteiger partial charge in [-0.1, -0.05) is 23.5 Å². The molecule has 0 bridgehead atoms. The highest BCUT2D eigenvalue weighted by Gasteiger charge is 2.20. The third kappa shape index (κ3) is 2.34. The number of rotatable bonds is 5. The molecule has 0 aliphatic carbocycles. The Morgan fingerprint density at radius 3 is 3.00 bits per heavy atom. The van der Waals surface area contributed by atoms with Gasteiger partial charge in [0.1, 0.15) is 0 Å². The molecule has 17 heavy (non-hydrogen) atoms. The molecule has 2 aromatic rings. The maximum absolute atomic E-state index is 6.24. The molecule has 2 N–H and O–H groups in total. The lowest BCUT2D eigenvalue weighted by atomic mass is 10.1. The molecular formula is C10H16N6S. The molecule has 1 atom stereocenters. The van der Waals surface area contributed by atoms with Crippen molar-refractivity contribution in [1.82, 2.24) is 24.6 Å². The first kappa shape index (κ1) is 12.1. The molecule has 0 aliphatic rings. The lowest BCUT2D eigenvalue weighted by Crippen LogP contribution is -2.17. The zero-order valence-corrected chi connectivity index (χ0v) is 10.8. The van der Waals surface area contributed by atoms with Crippen molar-refractivity contribution in [2.45, 2.75) is 39.3 Å². The highest BCUT2D eigenvalue weighted by Crippen LogP contribution is 2.24. The van der Waals surface area contributed by atoms with Gasteiger partial charge in [-0.2, -0.15) is 0 Å². The van der Waals surface area contributed by atoms with Crippen molar-refractivity contribution in [1.29, 1.82) is 0 Å². The van der Waals surface area contributed by atoms with Crippen LogP contribution in [0.5, 0.6) is 0 Å². The molecule has 7 heteroatoms. The van der Waals surface area contributed by atoms with E-state index >= 15 is 0 Å². The molecule has 0 fully saturated rings. The van der Waals surface area contributed by atoms with Gasteiger partial charge in [0, 0.05) is 6.54 Å². The average molecular weight is 252 g/mol. The van der Waals surface area contributed by atoms with Crippen LogP contribution in [0.1, 0.15) is 42.6 Å². The lowest BCUT2D eigenvalue weighted by Gasteiger charge is -2.11. The van der Waals surface area contributed by atoms with Crippen molar-refractivity contribution >= 4 is 11.5 Å². The Morgan fingerprint density at radius 2 is 2.29 bits per heavy atom. The van der Waals surface area contributed by atoms with E-state index in [0.717, 1.165) is 35.7 Å². The van der Waals surface area contributed by atoms with Crippen LogP contribution in [0.25, 0.3) is 0 Å². The summed E-state index contributed by atoms with van der Waals surface area (Å²) in [5.74, 6) is 0. The molecule has 2 rings (SSSR count). The number of aryl methyl sites for hydroxylation is 2. The first-order chi connectivity index (χ1) is 8.27. The van der Waals surface area contributed by atoms with Gasteiger partial charge in [0.25, 0.3) is 0 Å². The summed E-state index contributed by atoms with van der Waals surface area (Å²) in [7, 11) is 0. The molecule has 0 spiro atoms. The maximum atomic E-state index is 6.24. The van der Waals surface area contributed by atoms with E-state index in [0.29, 0.717) is 0 Å². The van der Waals surface area contributed by atoms with Crippen LogP contribution in [0.3, 0.4) is 0 Å². The fraction of sp³-hybridized carbons (Fsp3) is 0.600. The van der Waals surface area contributed by atoms with Crippen molar-refractivity contribution in [2.75, 3.05) is 0 Å². The van der Waals surface area contributed by atoms with E-state index in [1.54, 1.807) is 6.20 Å². The first-order valence-electron chi connectivity index (χ1n) is 5.73. The second-order valence-electron chi connectivity index (χ2n) is 3.80. The summed E-state index contributed by atoms with van der Waals surface area (Å²) in [5.41, 5.74) is 8.13. The minimum absolute atomic E-state index is 0.230. The maximum Gasteiger partial charge on any atom is 0.0868 e. The molecule has 0 aliphatic heterocycles. The monoisotopic (exact) mass is 252 g/mol. The van der Waals surface area contributed by atoms with Crippen molar-refractivity contribution in [2.24, 2.45) is 5.73 Å². The summed E-state index contributed by atoms with van der Waals surface area (Å²) in [6, 6.07) is -0.230. The largest absolute Gasteiger partial charge is 0.318 e. The number of hydrogen-bond acceptors (Lipinski definition) is 6. The van der Waals surface area contributed by atoms with Gasteiger partial charge in [0.15, 0.2) is 0 Å². The fourth-order valence-electron chi connectivity index (χ4n) is 1.72. The zero-order chi connectivity index (χ0) is 12.3. The molecule has 92 valence electrons. The Kier molecular flexibility index (Phi) is 3.80. The van der Waals surface area contributed by atoms with Gasteiger partial charge in [-0.25, -0.2) is 4.68 Å². The standard InChI is InChI=1S/C10H16N6S/c1-3-5-16-8(6-12-14-16)9(11)10-7(4-2)13-15-17-10/h6,9H,3-5,11H2,1-2H3. The molecule has 0 amide bonds. The second-order valence-corrected chi connectivity index (χ2v) is 4.58. The second kappa shape index (κ2) is 5.33. The quantitative estimate of drug-likeness (QED) is 0.863. The summed E-state index contributed by atoms with van der Waals surface area (Å²) in [5, 5.41) is 12.0. The summed E-state index contributed by atoms with van der Waals surface area (Å²) in [4.78, 5) is 1.01. The van der Waals surface area contributed by atoms with E-state index in [9.17, 15) is 0 Å². The third-order valence-corrected chi connectivity index (χ3v) is 3.45. The predicted octanol–water partition coefficient (Wildman–Crippen LogP) is 1.15. The van der Waals surface area contributed by atoms with Gasteiger partial charge in [-0.3, -0.25) is 0 Å². The summed E-state index contributed by atoms with van der Waals surface area (Å²) in [6.45, 7) is 4.98. The Morgan fingerprint density at radius 1 is 1.47 bits per heavy atom. The normalized spacial score (nSPS) is 12.9. The minimum Gasteiger partial charge on any atom is -0.318 e. The first-order valence-corrected chi connectivity index (χ1v) is 6.50. The number of nitrogens with zero attached hydrogens (tertiary/aromatic N) is 5. The van der Waals surface area contributed by atoms with E-state index in [1.165, 1.54) is 11.5 Å². The SMILES string of the molecule is CCCn1nncc1C(N)c1snnc1CC. The van der Waals surface area contributed by atoms with E-state index in [2.05, 4.69) is 33.7 Å². The van der Waals surface area contributed by atoms with Crippen molar-refractivity contribution in [3.63, 3.8) is 0 Å². The molecule has 0 saturated heterocycles. The van der Waals surface area contributed by atoms with Crippen molar-refractivity contribution in [3.05, 3.63) is 22.5 Å². The number of aromatic nitrogens is 5. The number of hydrogen-bond donors (Lipinski definition) is 1. The van der Waals surface area contributed by atoms with Crippen molar-refractivity contribution in [3.8, 4) is 0 Å². The Balaban J connectivity index is 2.30. The average Bonchev–Trinajstić information content (AvgIpc) is 2.96. The van der Waals surface area contributed by atoms with Crippen LogP contribution in [0, 0.1) is 0 Å². The van der Waals surface area contributed by atoms with Gasteiger partial charge in [0.05, 0.1) is 28.5 Å². The lowest BCUT2D eigenvalue weighted by molar-refractivity contribution is 0.544. The van der Waals surface area contributed by atoms with Crippen molar-refractivity contribution < 1.29 is 0 Å². The summed E-state index contributed by atoms with van der Waals surface area (Å²) >= 11 is 1.35. The number of nitrogens with two attached hydrogens (primary N) is 1. The Bertz CT molecular complexity index is 477. The zero-order valence-electron chi connectivity index (χ0n) is 10.00. The third-order valence-electron chi connectivity index (χ3n) is 2.60. The topological polar surface area (TPSA) is 82.5 Å². The van der Waals surface area contributed by atoms with Crippen LogP contribution in [-0.4, -0.2) is 24.6 Å². The van der Waals surface area contributed by atoms with Gasteiger partial charge in [-0.15, -0.1) is 10.2 Å². The van der Waals surface area contributed by atoms with Crippen LogP contribution in [0.4, 0.5) is 0 Å². The highest BCUT2D eigenvalue weighted by molar-refractivity contribution is 7.05. The smallest absolute Gasteiger partial charge is 0.0868 e. The molecule has 6 nitrogen and oxygen atoms in total. The van der Waals surface area contributed by atoms with Crippen LogP contribution >= 0.6 is 11.5 Å². The van der Waals surface area contributed by atoms with Gasteiger partial charge >= 0.3 is 0 Å². The van der Waals surface area contributed by atoms with Crippen LogP contribution < -0.4 is 5.73 Å². The van der Waals surface area contributed by atoms with Crippen LogP contribution in [0.2, 0.25) is 0 Å². The Labute approximate surface area is 104 Å². The molecule has 2 aromatic heterocycles. The van der Waals surface area contributed by atoms with E-state index < -0.39 is 0 Å². The van der Waals surface area contributed by atoms with E-state index in [-0.39, 0.29) is 6.04 Å². The van der Waals surface area contributed by atoms with Gasteiger partial charge < -0.3 is 5.73 Å². The van der Waals surface area contributed by atoms with Crippen LogP contribution in [0.15, 0.2) is 6.20 Å². The molecule has 0 radical (unpaired) electrons. The summed E-state index contributed by atoms with van der Waals surface area (Å²) in [6.07, 6.45) is 3.57. The molecule has 2 heterocycles. The minimum atomic E-state index is -0.230. The van der Waals surface area contributed by atoms with E-state index in [4.69, 9.17) is 5.73 Å². The van der Waals surface area contributed by atoms with Gasteiger partial charge in [0.2, 0.25) is 0 Å². The molecule has 0 saturated carbocycles. The highest BCUT2D eigenvalue weighted by atomic mass is 32.1. The Hall–Kier alpha value is -1.34. The fourth-order valence-corrected chi connectivity index (χ4v) is 2.48. The summed E-state index contributed by atoms with van der Waals surface area (Å²) < 4.78 is 5.81.